The van der Waals surface area contributed by atoms with Crippen LogP contribution in [0.4, 0.5) is 13.2 Å². The molecule has 3 N–H and O–H groups in total. The number of halogens is 3. The van der Waals surface area contributed by atoms with E-state index in [0.29, 0.717) is 5.56 Å². The number of carboxylic acid groups (broad SMARTS) is 1. The van der Waals surface area contributed by atoms with Crippen molar-refractivity contribution in [2.45, 2.75) is 31.0 Å². The van der Waals surface area contributed by atoms with Crippen molar-refractivity contribution in [2.24, 2.45) is 0 Å². The average molecular weight is 516 g/mol. The molecule has 2 aromatic carbocycles. The fraction of sp³-hybridized carbons (Fsp3) is 0.273. The minimum absolute atomic E-state index is 0.0651. The summed E-state index contributed by atoms with van der Waals surface area (Å²) < 4.78 is 65.1. The summed E-state index contributed by atoms with van der Waals surface area (Å²) in [5, 5.41) is 16.7. The van der Waals surface area contributed by atoms with Gasteiger partial charge in [0.15, 0.2) is 14.6 Å². The lowest BCUT2D eigenvalue weighted by Gasteiger charge is -2.25. The van der Waals surface area contributed by atoms with Crippen molar-refractivity contribution in [2.75, 3.05) is 6.26 Å². The molecule has 1 heterocycles. The number of fused-ring (bicyclic) bond motifs is 1. The van der Waals surface area contributed by atoms with Crippen molar-refractivity contribution in [3.05, 3.63) is 54.7 Å². The van der Waals surface area contributed by atoms with Crippen molar-refractivity contribution >= 4 is 33.1 Å². The van der Waals surface area contributed by atoms with Crippen LogP contribution in [0.2, 0.25) is 0 Å². The summed E-state index contributed by atoms with van der Waals surface area (Å²) in [7, 11) is -3.81. The van der Waals surface area contributed by atoms with Gasteiger partial charge in [0.05, 0.1) is 0 Å². The van der Waals surface area contributed by atoms with Crippen molar-refractivity contribution in [1.29, 1.82) is 0 Å². The number of benzene rings is 2. The van der Waals surface area contributed by atoms with Gasteiger partial charge in [0, 0.05) is 29.9 Å². The van der Waals surface area contributed by atoms with Crippen molar-refractivity contribution in [3.8, 4) is 16.9 Å². The molecule has 190 valence electrons. The first-order valence-corrected chi connectivity index (χ1v) is 11.8. The normalized spacial score (nSPS) is 13.3. The fourth-order valence-corrected chi connectivity index (χ4v) is 4.19. The molecule has 9 nitrogen and oxygen atoms in total. The first-order valence-electron chi connectivity index (χ1n) is 9.93. The Morgan fingerprint density at radius 3 is 2.20 bits per heavy atom. The minimum atomic E-state index is -4.76. The standard InChI is InChI=1S/C21H21F3N2O5S.CH2O2/c1-20(19(27)25-28,32(2,29)30)10-12-26-11-9-16-13-15(5-8-18(16)26)14-3-6-17(7-4-14)31-21(22,23)24;2-1-3/h3-9,11,13,28H,10,12H2,1-2H3,(H,25,27);1H,(H,2,3)/t20-;/m1./s1. The van der Waals surface area contributed by atoms with Crippen LogP contribution < -0.4 is 10.2 Å². The molecular formula is C22H23F3N2O7S. The van der Waals surface area contributed by atoms with Gasteiger partial charge in [-0.2, -0.15) is 0 Å². The lowest BCUT2D eigenvalue weighted by molar-refractivity contribution is -0.274. The zero-order valence-corrected chi connectivity index (χ0v) is 19.4. The maximum absolute atomic E-state index is 12.3. The highest BCUT2D eigenvalue weighted by Crippen LogP contribution is 2.30. The summed E-state index contributed by atoms with van der Waals surface area (Å²) in [5.74, 6) is -1.31. The Hall–Kier alpha value is -3.58. The Kier molecular flexibility index (Phi) is 8.52. The van der Waals surface area contributed by atoms with Crippen LogP contribution in [0, 0.1) is 0 Å². The molecule has 1 atom stereocenters. The number of sulfone groups is 1. The van der Waals surface area contributed by atoms with Crippen molar-refractivity contribution in [1.82, 2.24) is 10.0 Å². The van der Waals surface area contributed by atoms with Crippen LogP contribution in [-0.4, -0.2) is 53.0 Å². The van der Waals surface area contributed by atoms with Crippen LogP contribution in [0.5, 0.6) is 5.75 Å². The number of hydrogen-bond acceptors (Lipinski definition) is 6. The van der Waals surface area contributed by atoms with Crippen LogP contribution in [0.25, 0.3) is 22.0 Å². The maximum Gasteiger partial charge on any atom is 0.573 e. The topological polar surface area (TPSA) is 135 Å². The number of aromatic nitrogens is 1. The second kappa shape index (κ2) is 10.8. The quantitative estimate of drug-likeness (QED) is 0.248. The number of carbonyl (C=O) groups excluding carboxylic acids is 1. The summed E-state index contributed by atoms with van der Waals surface area (Å²) in [6.07, 6.45) is -2.14. The van der Waals surface area contributed by atoms with E-state index in [-0.39, 0.29) is 25.2 Å². The van der Waals surface area contributed by atoms with Gasteiger partial charge in [0.2, 0.25) is 0 Å². The lowest BCUT2D eigenvalue weighted by atomic mass is 10.0. The fourth-order valence-electron chi connectivity index (χ4n) is 3.34. The van der Waals surface area contributed by atoms with E-state index >= 15 is 0 Å². The van der Waals surface area contributed by atoms with E-state index in [2.05, 4.69) is 4.74 Å². The second-order valence-electron chi connectivity index (χ2n) is 7.65. The minimum Gasteiger partial charge on any atom is -0.483 e. The molecule has 0 spiro atoms. The van der Waals surface area contributed by atoms with E-state index in [4.69, 9.17) is 15.1 Å². The zero-order chi connectivity index (χ0) is 26.4. The third-order valence-corrected chi connectivity index (χ3v) is 7.45. The molecule has 0 saturated heterocycles. The Morgan fingerprint density at radius 1 is 1.11 bits per heavy atom. The zero-order valence-electron chi connectivity index (χ0n) is 18.6. The Labute approximate surface area is 198 Å². The first kappa shape index (κ1) is 27.7. The largest absolute Gasteiger partial charge is 0.573 e. The molecule has 1 amide bonds. The molecule has 3 aromatic rings. The Morgan fingerprint density at radius 2 is 1.69 bits per heavy atom. The van der Waals surface area contributed by atoms with Crippen LogP contribution in [0.15, 0.2) is 54.7 Å². The summed E-state index contributed by atoms with van der Waals surface area (Å²) in [5.41, 5.74) is 3.67. The number of carbonyl (C=O) groups is 2. The number of ether oxygens (including phenoxy) is 1. The SMILES string of the molecule is C[C@@](CCn1ccc2cc(-c3ccc(OC(F)(F)F)cc3)ccc21)(C(=O)NO)S(C)(=O)=O.O=CO. The van der Waals surface area contributed by atoms with Gasteiger partial charge in [-0.1, -0.05) is 18.2 Å². The van der Waals surface area contributed by atoms with E-state index in [1.54, 1.807) is 22.9 Å². The predicted octanol–water partition coefficient (Wildman–Crippen LogP) is 3.61. The molecule has 0 fully saturated rings. The number of aryl methyl sites for hydroxylation is 1. The molecule has 13 heteroatoms. The van der Waals surface area contributed by atoms with Crippen molar-refractivity contribution < 1.29 is 46.2 Å². The second-order valence-corrected chi connectivity index (χ2v) is 10.1. The summed E-state index contributed by atoms with van der Waals surface area (Å²) >= 11 is 0. The molecule has 0 bridgehead atoms. The molecule has 0 aliphatic heterocycles. The third-order valence-electron chi connectivity index (χ3n) is 5.42. The number of nitrogens with one attached hydrogen (secondary N) is 1. The molecule has 0 aliphatic carbocycles. The van der Waals surface area contributed by atoms with Gasteiger partial charge >= 0.3 is 6.36 Å². The Bertz CT molecular complexity index is 1290. The van der Waals surface area contributed by atoms with Gasteiger partial charge in [-0.3, -0.25) is 14.8 Å². The summed E-state index contributed by atoms with van der Waals surface area (Å²) in [6.45, 7) is 1.20. The summed E-state index contributed by atoms with van der Waals surface area (Å²) in [4.78, 5) is 20.3. The van der Waals surface area contributed by atoms with Crippen LogP contribution in [0.3, 0.4) is 0 Å². The van der Waals surface area contributed by atoms with Crippen LogP contribution >= 0.6 is 0 Å². The first-order chi connectivity index (χ1) is 16.3. The highest BCUT2D eigenvalue weighted by atomic mass is 32.2. The lowest BCUT2D eigenvalue weighted by Crippen LogP contribution is -2.49. The molecule has 1 aromatic heterocycles. The molecule has 35 heavy (non-hydrogen) atoms. The van der Waals surface area contributed by atoms with Gasteiger partial charge in [0.1, 0.15) is 5.75 Å². The maximum atomic E-state index is 12.3. The van der Waals surface area contributed by atoms with E-state index in [1.807, 2.05) is 12.1 Å². The number of nitrogens with zero attached hydrogens (tertiary/aromatic N) is 1. The molecule has 0 radical (unpaired) electrons. The van der Waals surface area contributed by atoms with Crippen molar-refractivity contribution in [3.63, 3.8) is 0 Å². The number of alkyl halides is 3. The monoisotopic (exact) mass is 516 g/mol. The molecule has 0 aliphatic rings. The predicted molar refractivity (Wildman–Crippen MR) is 121 cm³/mol. The average Bonchev–Trinajstić information content (AvgIpc) is 3.18. The van der Waals surface area contributed by atoms with Crippen LogP contribution in [0.1, 0.15) is 13.3 Å². The van der Waals surface area contributed by atoms with Gasteiger partial charge in [-0.05, 0) is 54.8 Å². The van der Waals surface area contributed by atoms with Crippen LogP contribution in [-0.2, 0) is 26.0 Å². The smallest absolute Gasteiger partial charge is 0.483 e. The van der Waals surface area contributed by atoms with E-state index in [0.717, 1.165) is 22.7 Å². The summed E-state index contributed by atoms with van der Waals surface area (Å²) in [6, 6.07) is 12.7. The number of amides is 1. The highest BCUT2D eigenvalue weighted by molar-refractivity contribution is 7.92. The Balaban J connectivity index is 0.00000137. The molecular weight excluding hydrogens is 493 g/mol. The van der Waals surface area contributed by atoms with E-state index in [1.165, 1.54) is 36.7 Å². The number of hydrogen-bond donors (Lipinski definition) is 3. The van der Waals surface area contributed by atoms with Gasteiger partial charge in [-0.15, -0.1) is 13.2 Å². The van der Waals surface area contributed by atoms with Gasteiger partial charge < -0.3 is 14.4 Å². The van der Waals surface area contributed by atoms with E-state index < -0.39 is 26.9 Å². The molecule has 3 rings (SSSR count). The molecule has 0 unspecified atom stereocenters. The van der Waals surface area contributed by atoms with Gasteiger partial charge in [-0.25, -0.2) is 13.9 Å². The molecule has 0 saturated carbocycles. The highest BCUT2D eigenvalue weighted by Gasteiger charge is 2.43. The van der Waals surface area contributed by atoms with Gasteiger partial charge in [0.25, 0.3) is 12.4 Å². The third kappa shape index (κ3) is 6.73. The number of hydroxylamine groups is 1. The number of rotatable bonds is 7. The van der Waals surface area contributed by atoms with E-state index in [9.17, 15) is 26.4 Å².